The SMILES string of the molecule is O=C(Nc1nc(-c2cc(Cl)sc2Cl)cs1)C1Cc2ccccc2O1. The molecule has 1 atom stereocenters. The molecule has 1 unspecified atom stereocenters. The Kier molecular flexibility index (Phi) is 4.22. The maximum Gasteiger partial charge on any atom is 0.267 e. The maximum absolute atomic E-state index is 12.4. The highest BCUT2D eigenvalue weighted by atomic mass is 35.5. The molecule has 1 aromatic carbocycles. The number of carbonyl (C=O) groups is 1. The predicted molar refractivity (Wildman–Crippen MR) is 98.6 cm³/mol. The average Bonchev–Trinajstić information content (AvgIpc) is 3.25. The van der Waals surface area contributed by atoms with Gasteiger partial charge in [-0.05, 0) is 17.7 Å². The van der Waals surface area contributed by atoms with Gasteiger partial charge >= 0.3 is 0 Å². The molecule has 4 rings (SSSR count). The van der Waals surface area contributed by atoms with Crippen LogP contribution in [0.4, 0.5) is 5.13 Å². The number of thiophene rings is 1. The second-order valence-corrected chi connectivity index (χ2v) is 8.33. The van der Waals surface area contributed by atoms with Gasteiger partial charge in [-0.3, -0.25) is 10.1 Å². The summed E-state index contributed by atoms with van der Waals surface area (Å²) >= 11 is 14.7. The van der Waals surface area contributed by atoms with Gasteiger partial charge in [0.25, 0.3) is 5.91 Å². The van der Waals surface area contributed by atoms with Crippen molar-refractivity contribution in [2.45, 2.75) is 12.5 Å². The largest absolute Gasteiger partial charge is 0.480 e. The van der Waals surface area contributed by atoms with Crippen LogP contribution in [-0.2, 0) is 11.2 Å². The minimum Gasteiger partial charge on any atom is -0.480 e. The monoisotopic (exact) mass is 396 g/mol. The van der Waals surface area contributed by atoms with E-state index in [1.165, 1.54) is 22.7 Å². The van der Waals surface area contributed by atoms with Crippen LogP contribution in [0.15, 0.2) is 35.7 Å². The molecule has 8 heteroatoms. The van der Waals surface area contributed by atoms with Crippen LogP contribution in [-0.4, -0.2) is 17.0 Å². The fourth-order valence-corrected chi connectivity index (χ4v) is 4.68. The highest BCUT2D eigenvalue weighted by Crippen LogP contribution is 2.39. The normalized spacial score (nSPS) is 15.8. The molecule has 122 valence electrons. The molecule has 1 N–H and O–H groups in total. The van der Waals surface area contributed by atoms with E-state index >= 15 is 0 Å². The zero-order valence-electron chi connectivity index (χ0n) is 12.1. The topological polar surface area (TPSA) is 51.2 Å². The summed E-state index contributed by atoms with van der Waals surface area (Å²) in [4.78, 5) is 16.8. The van der Waals surface area contributed by atoms with Gasteiger partial charge in [-0.1, -0.05) is 41.4 Å². The van der Waals surface area contributed by atoms with Crippen LogP contribution in [0.5, 0.6) is 5.75 Å². The molecule has 0 fully saturated rings. The van der Waals surface area contributed by atoms with Gasteiger partial charge in [0.15, 0.2) is 11.2 Å². The summed E-state index contributed by atoms with van der Waals surface area (Å²) in [6.45, 7) is 0. The molecule has 0 aliphatic carbocycles. The molecule has 0 saturated carbocycles. The van der Waals surface area contributed by atoms with E-state index in [4.69, 9.17) is 27.9 Å². The Labute approximate surface area is 156 Å². The van der Waals surface area contributed by atoms with Crippen LogP contribution in [0.3, 0.4) is 0 Å². The van der Waals surface area contributed by atoms with Crippen LogP contribution in [0.2, 0.25) is 8.67 Å². The number of amides is 1. The van der Waals surface area contributed by atoms with E-state index in [-0.39, 0.29) is 5.91 Å². The van der Waals surface area contributed by atoms with Gasteiger partial charge in [-0.15, -0.1) is 22.7 Å². The first-order valence-corrected chi connectivity index (χ1v) is 9.51. The van der Waals surface area contributed by atoms with Crippen LogP contribution in [0, 0.1) is 0 Å². The quantitative estimate of drug-likeness (QED) is 0.667. The number of halogens is 2. The number of anilines is 1. The van der Waals surface area contributed by atoms with Crippen LogP contribution in [0.25, 0.3) is 11.3 Å². The van der Waals surface area contributed by atoms with Crippen molar-refractivity contribution < 1.29 is 9.53 Å². The number of thiazole rings is 1. The van der Waals surface area contributed by atoms with Gasteiger partial charge in [0, 0.05) is 17.4 Å². The predicted octanol–water partition coefficient (Wildman–Crippen LogP) is 5.12. The van der Waals surface area contributed by atoms with Crippen molar-refractivity contribution in [2.24, 2.45) is 0 Å². The maximum atomic E-state index is 12.4. The number of carbonyl (C=O) groups excluding carboxylic acids is 1. The lowest BCUT2D eigenvalue weighted by Gasteiger charge is -2.09. The number of ether oxygens (including phenoxy) is 1. The summed E-state index contributed by atoms with van der Waals surface area (Å²) in [6, 6.07) is 9.43. The van der Waals surface area contributed by atoms with Crippen molar-refractivity contribution in [3.8, 4) is 17.0 Å². The van der Waals surface area contributed by atoms with E-state index in [0.29, 0.717) is 25.9 Å². The number of hydrogen-bond acceptors (Lipinski definition) is 5. The van der Waals surface area contributed by atoms with E-state index < -0.39 is 6.10 Å². The molecule has 1 amide bonds. The summed E-state index contributed by atoms with van der Waals surface area (Å²) < 4.78 is 6.87. The van der Waals surface area contributed by atoms with E-state index in [1.807, 2.05) is 29.6 Å². The first kappa shape index (κ1) is 15.9. The Morgan fingerprint density at radius 1 is 1.33 bits per heavy atom. The number of nitrogens with one attached hydrogen (secondary N) is 1. The highest BCUT2D eigenvalue weighted by Gasteiger charge is 2.29. The Morgan fingerprint density at radius 2 is 2.17 bits per heavy atom. The second-order valence-electron chi connectivity index (χ2n) is 5.18. The molecule has 3 aromatic rings. The van der Waals surface area contributed by atoms with Crippen molar-refractivity contribution >= 4 is 56.9 Å². The Bertz CT molecular complexity index is 897. The van der Waals surface area contributed by atoms with Gasteiger partial charge < -0.3 is 4.74 Å². The summed E-state index contributed by atoms with van der Waals surface area (Å²) in [6.07, 6.45) is 0.0283. The molecule has 0 radical (unpaired) electrons. The molecule has 0 spiro atoms. The Hall–Kier alpha value is -1.60. The molecule has 24 heavy (non-hydrogen) atoms. The van der Waals surface area contributed by atoms with E-state index in [2.05, 4.69) is 10.3 Å². The fourth-order valence-electron chi connectivity index (χ4n) is 2.48. The number of fused-ring (bicyclic) bond motifs is 1. The molecule has 2 aromatic heterocycles. The third-order valence-electron chi connectivity index (χ3n) is 3.61. The first-order valence-electron chi connectivity index (χ1n) is 7.06. The van der Waals surface area contributed by atoms with Gasteiger partial charge in [0.2, 0.25) is 0 Å². The standard InChI is InChI=1S/C16H10Cl2N2O2S2/c17-13-6-9(14(18)24-13)10-7-23-16(19-10)20-15(21)12-5-8-3-1-2-4-11(8)22-12/h1-4,6-7,12H,5H2,(H,19,20,21). The third-order valence-corrected chi connectivity index (χ3v) is 5.85. The van der Waals surface area contributed by atoms with Crippen molar-refractivity contribution in [3.63, 3.8) is 0 Å². The van der Waals surface area contributed by atoms with Crippen molar-refractivity contribution in [3.05, 3.63) is 49.9 Å². The zero-order chi connectivity index (χ0) is 16.7. The van der Waals surface area contributed by atoms with Crippen molar-refractivity contribution in [2.75, 3.05) is 5.32 Å². The minimum absolute atomic E-state index is 0.207. The number of para-hydroxylation sites is 1. The van der Waals surface area contributed by atoms with Crippen LogP contribution in [0.1, 0.15) is 5.56 Å². The second kappa shape index (κ2) is 6.37. The molecule has 0 bridgehead atoms. The van der Waals surface area contributed by atoms with E-state index in [0.717, 1.165) is 16.9 Å². The lowest BCUT2D eigenvalue weighted by Crippen LogP contribution is -2.31. The van der Waals surface area contributed by atoms with E-state index in [9.17, 15) is 4.79 Å². The lowest BCUT2D eigenvalue weighted by atomic mass is 10.1. The summed E-state index contributed by atoms with van der Waals surface area (Å²) in [7, 11) is 0. The summed E-state index contributed by atoms with van der Waals surface area (Å²) in [5.41, 5.74) is 2.50. The number of benzene rings is 1. The number of aromatic nitrogens is 1. The average molecular weight is 397 g/mol. The van der Waals surface area contributed by atoms with Gasteiger partial charge in [-0.25, -0.2) is 4.98 Å². The lowest BCUT2D eigenvalue weighted by molar-refractivity contribution is -0.122. The van der Waals surface area contributed by atoms with Crippen molar-refractivity contribution in [1.29, 1.82) is 0 Å². The first-order chi connectivity index (χ1) is 11.6. The number of nitrogens with zero attached hydrogens (tertiary/aromatic N) is 1. The van der Waals surface area contributed by atoms with E-state index in [1.54, 1.807) is 6.07 Å². The minimum atomic E-state index is -0.533. The molecule has 1 aliphatic rings. The smallest absolute Gasteiger partial charge is 0.267 e. The van der Waals surface area contributed by atoms with Crippen molar-refractivity contribution in [1.82, 2.24) is 4.98 Å². The molecular weight excluding hydrogens is 387 g/mol. The summed E-state index contributed by atoms with van der Waals surface area (Å²) in [5, 5.41) is 5.15. The van der Waals surface area contributed by atoms with Gasteiger partial charge in [-0.2, -0.15) is 0 Å². The Morgan fingerprint density at radius 3 is 2.92 bits per heavy atom. The zero-order valence-corrected chi connectivity index (χ0v) is 15.2. The molecule has 4 nitrogen and oxygen atoms in total. The van der Waals surface area contributed by atoms with Gasteiger partial charge in [0.1, 0.15) is 10.1 Å². The van der Waals surface area contributed by atoms with Crippen LogP contribution < -0.4 is 10.1 Å². The highest BCUT2D eigenvalue weighted by molar-refractivity contribution is 7.20. The summed E-state index contributed by atoms with van der Waals surface area (Å²) in [5.74, 6) is 0.554. The molecule has 3 heterocycles. The number of hydrogen-bond donors (Lipinski definition) is 1. The van der Waals surface area contributed by atoms with Gasteiger partial charge in [0.05, 0.1) is 10.0 Å². The third kappa shape index (κ3) is 3.02. The molecule has 0 saturated heterocycles. The Balaban J connectivity index is 1.47. The number of rotatable bonds is 3. The molecule has 1 aliphatic heterocycles. The molecular formula is C16H10Cl2N2O2S2. The fraction of sp³-hybridized carbons (Fsp3) is 0.125. The van der Waals surface area contributed by atoms with Crippen LogP contribution >= 0.6 is 45.9 Å².